The Bertz CT molecular complexity index is 1200. The minimum atomic E-state index is -1.01. The van der Waals surface area contributed by atoms with Gasteiger partial charge in [-0.15, -0.1) is 0 Å². The zero-order valence-corrected chi connectivity index (χ0v) is 21.8. The number of hydrogen-bond acceptors (Lipinski definition) is 6. The van der Waals surface area contributed by atoms with Gasteiger partial charge in [-0.3, -0.25) is 24.1 Å². The van der Waals surface area contributed by atoms with Crippen molar-refractivity contribution in [2.24, 2.45) is 5.92 Å². The van der Waals surface area contributed by atoms with Crippen LogP contribution in [-0.4, -0.2) is 72.8 Å². The second kappa shape index (κ2) is 11.5. The first-order chi connectivity index (χ1) is 17.5. The van der Waals surface area contributed by atoms with Gasteiger partial charge in [0.1, 0.15) is 23.7 Å². The lowest BCUT2D eigenvalue weighted by atomic mass is 10.0. The molecule has 3 N–H and O–H groups in total. The molecule has 0 saturated carbocycles. The number of halogens is 1. The van der Waals surface area contributed by atoms with E-state index >= 15 is 0 Å². The number of aromatic nitrogens is 1. The van der Waals surface area contributed by atoms with Crippen LogP contribution in [0.1, 0.15) is 36.7 Å². The molecule has 2 heterocycles. The lowest BCUT2D eigenvalue weighted by molar-refractivity contribution is -0.130. The van der Waals surface area contributed by atoms with E-state index in [2.05, 4.69) is 20.9 Å². The standard InChI is InChI=1S/C26H33FN6O4/c1-14(2)21(31-23(34)15(3)28-4)26(37)33-20(13-16-8-7-11-29-22(16)33)24(35)30-19-10-9-17(12-18(19)27)25(36)32(5)6/h7-12,14-15,20-21,28H,13H2,1-6H3,(H,30,35)(H,31,34)/t15-,20?,21?/m0/s1. The number of pyridine rings is 1. The Balaban J connectivity index is 1.90. The zero-order chi connectivity index (χ0) is 27.4. The first-order valence-corrected chi connectivity index (χ1v) is 12.0. The van der Waals surface area contributed by atoms with Crippen LogP contribution in [0, 0.1) is 11.7 Å². The molecule has 2 aromatic rings. The summed E-state index contributed by atoms with van der Waals surface area (Å²) in [7, 11) is 4.75. The molecule has 0 radical (unpaired) electrons. The predicted octanol–water partition coefficient (Wildman–Crippen LogP) is 1.57. The van der Waals surface area contributed by atoms with E-state index in [0.29, 0.717) is 11.4 Å². The van der Waals surface area contributed by atoms with Crippen LogP contribution in [-0.2, 0) is 20.8 Å². The van der Waals surface area contributed by atoms with Crippen LogP contribution in [0.3, 0.4) is 0 Å². The minimum Gasteiger partial charge on any atom is -0.345 e. The fourth-order valence-electron chi connectivity index (χ4n) is 4.02. The van der Waals surface area contributed by atoms with Crippen molar-refractivity contribution in [1.82, 2.24) is 20.5 Å². The third kappa shape index (κ3) is 5.93. The number of benzene rings is 1. The quantitative estimate of drug-likeness (QED) is 0.493. The van der Waals surface area contributed by atoms with Crippen molar-refractivity contribution in [2.75, 3.05) is 31.4 Å². The highest BCUT2D eigenvalue weighted by Crippen LogP contribution is 2.32. The van der Waals surface area contributed by atoms with Crippen molar-refractivity contribution in [1.29, 1.82) is 0 Å². The van der Waals surface area contributed by atoms with Crippen LogP contribution in [0.4, 0.5) is 15.9 Å². The Morgan fingerprint density at radius 2 is 1.84 bits per heavy atom. The Labute approximate surface area is 215 Å². The molecule has 1 aromatic heterocycles. The van der Waals surface area contributed by atoms with Crippen LogP contribution in [0.2, 0.25) is 0 Å². The molecular formula is C26H33FN6O4. The van der Waals surface area contributed by atoms with Gasteiger partial charge in [0.15, 0.2) is 0 Å². The van der Waals surface area contributed by atoms with Crippen LogP contribution in [0.25, 0.3) is 0 Å². The molecule has 10 nitrogen and oxygen atoms in total. The Hall–Kier alpha value is -3.86. The molecule has 198 valence electrons. The molecule has 0 bridgehead atoms. The third-order valence-corrected chi connectivity index (χ3v) is 6.30. The summed E-state index contributed by atoms with van der Waals surface area (Å²) in [4.78, 5) is 58.7. The number of carbonyl (C=O) groups excluding carboxylic acids is 4. The molecule has 4 amide bonds. The van der Waals surface area contributed by atoms with E-state index in [4.69, 9.17) is 0 Å². The third-order valence-electron chi connectivity index (χ3n) is 6.30. The van der Waals surface area contributed by atoms with E-state index in [1.54, 1.807) is 54.0 Å². The van der Waals surface area contributed by atoms with Gasteiger partial charge in [0.2, 0.25) is 11.8 Å². The molecule has 37 heavy (non-hydrogen) atoms. The average Bonchev–Trinajstić information content (AvgIpc) is 3.26. The number of carbonyl (C=O) groups is 4. The van der Waals surface area contributed by atoms with E-state index in [0.717, 1.165) is 6.07 Å². The van der Waals surface area contributed by atoms with Crippen molar-refractivity contribution in [2.45, 2.75) is 45.3 Å². The summed E-state index contributed by atoms with van der Waals surface area (Å²) >= 11 is 0. The summed E-state index contributed by atoms with van der Waals surface area (Å²) in [6.45, 7) is 5.26. The van der Waals surface area contributed by atoms with Gasteiger partial charge in [-0.1, -0.05) is 19.9 Å². The molecule has 1 aliphatic heterocycles. The minimum absolute atomic E-state index is 0.117. The summed E-state index contributed by atoms with van der Waals surface area (Å²) in [6.07, 6.45) is 1.69. The van der Waals surface area contributed by atoms with Crippen molar-refractivity contribution in [3.05, 3.63) is 53.5 Å². The molecule has 2 unspecified atom stereocenters. The molecule has 0 fully saturated rings. The van der Waals surface area contributed by atoms with Crippen molar-refractivity contribution < 1.29 is 23.6 Å². The maximum Gasteiger partial charge on any atom is 0.253 e. The van der Waals surface area contributed by atoms with Gasteiger partial charge in [0.05, 0.1) is 11.7 Å². The van der Waals surface area contributed by atoms with E-state index in [1.165, 1.54) is 28.1 Å². The maximum absolute atomic E-state index is 14.8. The fraction of sp³-hybridized carbons (Fsp3) is 0.423. The molecular weight excluding hydrogens is 479 g/mol. The van der Waals surface area contributed by atoms with Gasteiger partial charge in [-0.25, -0.2) is 9.37 Å². The molecule has 0 saturated heterocycles. The van der Waals surface area contributed by atoms with Gasteiger partial charge in [-0.05, 0) is 49.7 Å². The summed E-state index contributed by atoms with van der Waals surface area (Å²) in [6, 6.07) is 4.80. The lowest BCUT2D eigenvalue weighted by Gasteiger charge is -2.31. The number of likely N-dealkylation sites (N-methyl/N-ethyl adjacent to an activating group) is 1. The summed E-state index contributed by atoms with van der Waals surface area (Å²) in [5.74, 6) is -2.57. The number of anilines is 2. The Morgan fingerprint density at radius 1 is 1.14 bits per heavy atom. The second-order valence-electron chi connectivity index (χ2n) is 9.54. The first-order valence-electron chi connectivity index (χ1n) is 12.0. The lowest BCUT2D eigenvalue weighted by Crippen LogP contribution is -2.57. The number of fused-ring (bicyclic) bond motifs is 1. The Kier molecular flexibility index (Phi) is 8.59. The van der Waals surface area contributed by atoms with E-state index in [-0.39, 0.29) is 35.4 Å². The van der Waals surface area contributed by atoms with Crippen LogP contribution in [0.15, 0.2) is 36.5 Å². The molecule has 11 heteroatoms. The second-order valence-corrected chi connectivity index (χ2v) is 9.54. The smallest absolute Gasteiger partial charge is 0.253 e. The van der Waals surface area contributed by atoms with Gasteiger partial charge in [-0.2, -0.15) is 0 Å². The number of rotatable bonds is 8. The highest BCUT2D eigenvalue weighted by Gasteiger charge is 2.43. The molecule has 1 aliphatic rings. The SMILES string of the molecule is CN[C@@H](C)C(=O)NC(C(=O)N1c2ncccc2CC1C(=O)Nc1ccc(C(=O)N(C)C)cc1F)C(C)C. The van der Waals surface area contributed by atoms with Crippen molar-refractivity contribution >= 4 is 35.1 Å². The van der Waals surface area contributed by atoms with E-state index in [1.807, 2.05) is 0 Å². The fourth-order valence-corrected chi connectivity index (χ4v) is 4.02. The van der Waals surface area contributed by atoms with Crippen molar-refractivity contribution in [3.8, 4) is 0 Å². The molecule has 3 atom stereocenters. The highest BCUT2D eigenvalue weighted by molar-refractivity contribution is 6.09. The molecule has 3 rings (SSSR count). The average molecular weight is 513 g/mol. The van der Waals surface area contributed by atoms with Gasteiger partial charge in [0.25, 0.3) is 11.8 Å². The topological polar surface area (TPSA) is 124 Å². The van der Waals surface area contributed by atoms with Gasteiger partial charge in [0, 0.05) is 32.3 Å². The summed E-state index contributed by atoms with van der Waals surface area (Å²) in [5, 5.41) is 8.15. The van der Waals surface area contributed by atoms with Gasteiger partial charge >= 0.3 is 0 Å². The maximum atomic E-state index is 14.8. The van der Waals surface area contributed by atoms with Crippen LogP contribution in [0.5, 0.6) is 0 Å². The van der Waals surface area contributed by atoms with Crippen LogP contribution >= 0.6 is 0 Å². The number of nitrogens with one attached hydrogen (secondary N) is 3. The van der Waals surface area contributed by atoms with E-state index in [9.17, 15) is 23.6 Å². The normalized spacial score (nSPS) is 16.1. The Morgan fingerprint density at radius 3 is 2.43 bits per heavy atom. The number of amides is 4. The largest absolute Gasteiger partial charge is 0.345 e. The highest BCUT2D eigenvalue weighted by atomic mass is 19.1. The van der Waals surface area contributed by atoms with Crippen molar-refractivity contribution in [3.63, 3.8) is 0 Å². The summed E-state index contributed by atoms with van der Waals surface area (Å²) < 4.78 is 14.8. The first kappa shape index (κ1) is 27.7. The zero-order valence-electron chi connectivity index (χ0n) is 21.8. The number of nitrogens with zero attached hydrogens (tertiary/aromatic N) is 3. The predicted molar refractivity (Wildman–Crippen MR) is 138 cm³/mol. The monoisotopic (exact) mass is 512 g/mol. The number of hydrogen-bond donors (Lipinski definition) is 3. The van der Waals surface area contributed by atoms with Crippen LogP contribution < -0.4 is 20.9 Å². The van der Waals surface area contributed by atoms with E-state index < -0.39 is 35.8 Å². The summed E-state index contributed by atoms with van der Waals surface area (Å²) in [5.41, 5.74) is 0.704. The van der Waals surface area contributed by atoms with Gasteiger partial charge < -0.3 is 20.9 Å². The molecule has 0 spiro atoms. The molecule has 0 aliphatic carbocycles. The molecule has 1 aromatic carbocycles.